The number of carbonyl (C=O) groups is 1. The van der Waals surface area contributed by atoms with Crippen molar-refractivity contribution in [2.75, 3.05) is 18.4 Å². The van der Waals surface area contributed by atoms with E-state index in [1.54, 1.807) is 27.8 Å². The van der Waals surface area contributed by atoms with Crippen LogP contribution in [0.25, 0.3) is 0 Å². The molecule has 1 aliphatic heterocycles. The lowest BCUT2D eigenvalue weighted by molar-refractivity contribution is -0.0530. The number of pyridine rings is 1. The number of rotatable bonds is 3. The quantitative estimate of drug-likeness (QED) is 0.933. The minimum absolute atomic E-state index is 0.0139. The molecule has 3 rings (SSSR count). The van der Waals surface area contributed by atoms with Crippen LogP contribution >= 0.6 is 0 Å². The third-order valence-electron chi connectivity index (χ3n) is 4.16. The van der Waals surface area contributed by atoms with Crippen molar-refractivity contribution in [2.45, 2.75) is 32.6 Å². The molecule has 0 radical (unpaired) electrons. The van der Waals surface area contributed by atoms with Crippen LogP contribution in [0.4, 0.5) is 10.5 Å². The van der Waals surface area contributed by atoms with E-state index in [2.05, 4.69) is 5.32 Å². The van der Waals surface area contributed by atoms with E-state index in [1.165, 1.54) is 0 Å². The van der Waals surface area contributed by atoms with Gasteiger partial charge in [0.1, 0.15) is 5.69 Å². The lowest BCUT2D eigenvalue weighted by atomic mass is 10.2. The molecule has 1 fully saturated rings. The molecule has 25 heavy (non-hydrogen) atoms. The number of amides is 2. The fourth-order valence-electron chi connectivity index (χ4n) is 3.07. The Kier molecular flexibility index (Phi) is 5.19. The lowest BCUT2D eigenvalue weighted by Gasteiger charge is -2.35. The van der Waals surface area contributed by atoms with Crippen LogP contribution in [-0.2, 0) is 11.3 Å². The molecule has 2 amide bonds. The van der Waals surface area contributed by atoms with Crippen LogP contribution in [0.15, 0.2) is 53.5 Å². The molecular formula is C19H23N3O3. The van der Waals surface area contributed by atoms with Crippen LogP contribution in [0.3, 0.4) is 0 Å². The Balaban J connectivity index is 1.73. The minimum Gasteiger partial charge on any atom is -0.372 e. The molecule has 6 heteroatoms. The van der Waals surface area contributed by atoms with E-state index < -0.39 is 0 Å². The zero-order valence-electron chi connectivity index (χ0n) is 14.5. The second kappa shape index (κ2) is 7.53. The molecule has 2 aromatic rings. The number of ether oxygens (including phenoxy) is 1. The van der Waals surface area contributed by atoms with Crippen LogP contribution < -0.4 is 10.9 Å². The molecule has 0 bridgehead atoms. The van der Waals surface area contributed by atoms with Gasteiger partial charge in [-0.25, -0.2) is 4.79 Å². The van der Waals surface area contributed by atoms with Crippen LogP contribution in [0, 0.1) is 0 Å². The van der Waals surface area contributed by atoms with Gasteiger partial charge in [0.15, 0.2) is 0 Å². The molecule has 1 aromatic heterocycles. The van der Waals surface area contributed by atoms with Crippen molar-refractivity contribution in [1.29, 1.82) is 0 Å². The average molecular weight is 341 g/mol. The summed E-state index contributed by atoms with van der Waals surface area (Å²) in [6.07, 6.45) is 1.70. The molecule has 1 aromatic carbocycles. The van der Waals surface area contributed by atoms with Crippen LogP contribution in [0.5, 0.6) is 0 Å². The number of benzene rings is 1. The van der Waals surface area contributed by atoms with Crippen LogP contribution in [-0.4, -0.2) is 40.8 Å². The molecule has 0 unspecified atom stereocenters. The van der Waals surface area contributed by atoms with Gasteiger partial charge in [0.25, 0.3) is 5.56 Å². The normalized spacial score (nSPS) is 20.3. The first-order valence-corrected chi connectivity index (χ1v) is 8.47. The first-order chi connectivity index (χ1) is 12.0. The summed E-state index contributed by atoms with van der Waals surface area (Å²) in [5.41, 5.74) is 1.10. The molecule has 132 valence electrons. The number of hydrogen-bond acceptors (Lipinski definition) is 3. The van der Waals surface area contributed by atoms with E-state index in [1.807, 2.05) is 44.2 Å². The average Bonchev–Trinajstić information content (AvgIpc) is 2.58. The SMILES string of the molecule is C[C@@H]1CN(C(=O)Nc2cccn(Cc3ccccc3)c2=O)C[C@H](C)O1. The van der Waals surface area contributed by atoms with Crippen molar-refractivity contribution in [2.24, 2.45) is 0 Å². The lowest BCUT2D eigenvalue weighted by Crippen LogP contribution is -2.50. The molecule has 2 atom stereocenters. The Morgan fingerprint density at radius 2 is 1.80 bits per heavy atom. The van der Waals surface area contributed by atoms with Crippen LogP contribution in [0.1, 0.15) is 19.4 Å². The molecule has 1 saturated heterocycles. The van der Waals surface area contributed by atoms with Gasteiger partial charge < -0.3 is 19.5 Å². The Labute approximate surface area is 147 Å². The smallest absolute Gasteiger partial charge is 0.322 e. The van der Waals surface area contributed by atoms with Crippen molar-refractivity contribution in [3.05, 3.63) is 64.6 Å². The summed E-state index contributed by atoms with van der Waals surface area (Å²) >= 11 is 0. The molecule has 2 heterocycles. The van der Waals surface area contributed by atoms with E-state index >= 15 is 0 Å². The van der Waals surface area contributed by atoms with Gasteiger partial charge in [0.05, 0.1) is 18.8 Å². The van der Waals surface area contributed by atoms with E-state index in [-0.39, 0.29) is 29.5 Å². The van der Waals surface area contributed by atoms with Gasteiger partial charge in [0.2, 0.25) is 0 Å². The summed E-state index contributed by atoms with van der Waals surface area (Å²) < 4.78 is 7.23. The molecule has 0 saturated carbocycles. The van der Waals surface area contributed by atoms with Crippen molar-refractivity contribution in [3.8, 4) is 0 Å². The highest BCUT2D eigenvalue weighted by Crippen LogP contribution is 2.12. The molecule has 1 aliphatic rings. The predicted molar refractivity (Wildman–Crippen MR) is 96.8 cm³/mol. The number of hydrogen-bond donors (Lipinski definition) is 1. The summed E-state index contributed by atoms with van der Waals surface area (Å²) in [6, 6.07) is 12.9. The van der Waals surface area contributed by atoms with E-state index in [0.717, 1.165) is 5.56 Å². The first kappa shape index (κ1) is 17.2. The number of urea groups is 1. The first-order valence-electron chi connectivity index (χ1n) is 8.47. The number of nitrogens with zero attached hydrogens (tertiary/aromatic N) is 2. The maximum Gasteiger partial charge on any atom is 0.322 e. The maximum absolute atomic E-state index is 12.6. The molecule has 0 spiro atoms. The minimum atomic E-state index is -0.267. The number of anilines is 1. The van der Waals surface area contributed by atoms with Gasteiger partial charge in [0, 0.05) is 19.3 Å². The largest absolute Gasteiger partial charge is 0.372 e. The van der Waals surface area contributed by atoms with Gasteiger partial charge in [-0.2, -0.15) is 0 Å². The summed E-state index contributed by atoms with van der Waals surface area (Å²) in [4.78, 5) is 26.8. The molecule has 1 N–H and O–H groups in total. The number of morpholine rings is 1. The van der Waals surface area contributed by atoms with Gasteiger partial charge >= 0.3 is 6.03 Å². The van der Waals surface area contributed by atoms with Gasteiger partial charge in [-0.3, -0.25) is 4.79 Å². The summed E-state index contributed by atoms with van der Waals surface area (Å²) in [7, 11) is 0. The van der Waals surface area contributed by atoms with E-state index in [4.69, 9.17) is 4.74 Å². The van der Waals surface area contributed by atoms with Gasteiger partial charge in [-0.15, -0.1) is 0 Å². The molecular weight excluding hydrogens is 318 g/mol. The fraction of sp³-hybridized carbons (Fsp3) is 0.368. The Hall–Kier alpha value is -2.60. The topological polar surface area (TPSA) is 63.6 Å². The number of carbonyl (C=O) groups excluding carboxylic acids is 1. The second-order valence-corrected chi connectivity index (χ2v) is 6.43. The predicted octanol–water partition coefficient (Wildman–Crippen LogP) is 2.54. The number of aromatic nitrogens is 1. The highest BCUT2D eigenvalue weighted by atomic mass is 16.5. The third-order valence-corrected chi connectivity index (χ3v) is 4.16. The zero-order valence-corrected chi connectivity index (χ0v) is 14.5. The summed E-state index contributed by atoms with van der Waals surface area (Å²) in [5, 5.41) is 2.75. The van der Waals surface area contributed by atoms with Crippen molar-refractivity contribution >= 4 is 11.7 Å². The third kappa shape index (κ3) is 4.28. The number of nitrogens with one attached hydrogen (secondary N) is 1. The van der Waals surface area contributed by atoms with E-state index in [9.17, 15) is 9.59 Å². The Bertz CT molecular complexity index is 778. The van der Waals surface area contributed by atoms with Crippen molar-refractivity contribution < 1.29 is 9.53 Å². The zero-order chi connectivity index (χ0) is 17.8. The van der Waals surface area contributed by atoms with E-state index in [0.29, 0.717) is 19.6 Å². The van der Waals surface area contributed by atoms with Gasteiger partial charge in [-0.1, -0.05) is 30.3 Å². The maximum atomic E-state index is 12.6. The fourth-order valence-corrected chi connectivity index (χ4v) is 3.07. The second-order valence-electron chi connectivity index (χ2n) is 6.43. The Morgan fingerprint density at radius 3 is 2.48 bits per heavy atom. The van der Waals surface area contributed by atoms with Crippen LogP contribution in [0.2, 0.25) is 0 Å². The molecule has 6 nitrogen and oxygen atoms in total. The monoisotopic (exact) mass is 341 g/mol. The summed E-state index contributed by atoms with van der Waals surface area (Å²) in [5.74, 6) is 0. The standard InChI is InChI=1S/C19H23N3O3/c1-14-11-22(12-15(2)25-14)19(24)20-17-9-6-10-21(18(17)23)13-16-7-4-3-5-8-16/h3-10,14-15H,11-13H2,1-2H3,(H,20,24)/t14-,15+. The van der Waals surface area contributed by atoms with Crippen molar-refractivity contribution in [3.63, 3.8) is 0 Å². The highest BCUT2D eigenvalue weighted by Gasteiger charge is 2.26. The van der Waals surface area contributed by atoms with Gasteiger partial charge in [-0.05, 0) is 31.5 Å². The molecule has 0 aliphatic carbocycles. The summed E-state index contributed by atoms with van der Waals surface area (Å²) in [6.45, 7) is 5.37. The van der Waals surface area contributed by atoms with Crippen molar-refractivity contribution in [1.82, 2.24) is 9.47 Å². The highest BCUT2D eigenvalue weighted by molar-refractivity contribution is 5.89. The Morgan fingerprint density at radius 1 is 1.12 bits per heavy atom.